The maximum Gasteiger partial charge on any atom is 0.257 e. The van der Waals surface area contributed by atoms with Gasteiger partial charge in [0, 0.05) is 28.3 Å². The van der Waals surface area contributed by atoms with E-state index in [2.05, 4.69) is 15.6 Å². The minimum absolute atomic E-state index is 0.234. The van der Waals surface area contributed by atoms with Gasteiger partial charge in [-0.05, 0) is 56.2 Å². The van der Waals surface area contributed by atoms with Crippen LogP contribution in [0.5, 0.6) is 0 Å². The van der Waals surface area contributed by atoms with Crippen LogP contribution in [0.15, 0.2) is 42.5 Å². The molecule has 1 aromatic heterocycles. The summed E-state index contributed by atoms with van der Waals surface area (Å²) in [6.07, 6.45) is 1.06. The van der Waals surface area contributed by atoms with Gasteiger partial charge in [-0.3, -0.25) is 14.9 Å². The van der Waals surface area contributed by atoms with Crippen LogP contribution in [-0.2, 0) is 9.53 Å². The Hall–Kier alpha value is -3.17. The summed E-state index contributed by atoms with van der Waals surface area (Å²) in [5.74, 6) is -2.53. The molecule has 0 spiro atoms. The van der Waals surface area contributed by atoms with E-state index in [1.807, 2.05) is 0 Å². The molecule has 2 amide bonds. The summed E-state index contributed by atoms with van der Waals surface area (Å²) in [4.78, 5) is 30.0. The number of hydrogen-bond donors (Lipinski definition) is 2. The summed E-state index contributed by atoms with van der Waals surface area (Å²) in [6.45, 7) is 2.35. The number of carbonyl (C=O) groups excluding carboxylic acids is 2. The van der Waals surface area contributed by atoms with E-state index in [0.717, 1.165) is 23.4 Å². The number of amides is 2. The van der Waals surface area contributed by atoms with Crippen LogP contribution in [0, 0.1) is 18.6 Å². The van der Waals surface area contributed by atoms with Gasteiger partial charge in [0.05, 0.1) is 5.69 Å². The van der Waals surface area contributed by atoms with E-state index in [1.165, 1.54) is 17.4 Å². The van der Waals surface area contributed by atoms with Crippen molar-refractivity contribution in [3.05, 3.63) is 64.5 Å². The maximum absolute atomic E-state index is 13.6. The maximum atomic E-state index is 13.6. The molecule has 1 saturated heterocycles. The van der Waals surface area contributed by atoms with Crippen LogP contribution in [0.1, 0.15) is 28.1 Å². The molecule has 4 rings (SSSR count). The topological polar surface area (TPSA) is 80.3 Å². The zero-order chi connectivity index (χ0) is 22.0. The average molecular weight is 443 g/mol. The number of aryl methyl sites for hydroxylation is 1. The summed E-state index contributed by atoms with van der Waals surface area (Å²) in [7, 11) is 0. The number of ether oxygens (including phenoxy) is 1. The van der Waals surface area contributed by atoms with Crippen molar-refractivity contribution in [3.8, 4) is 11.3 Å². The van der Waals surface area contributed by atoms with Crippen LogP contribution in [-0.4, -0.2) is 29.5 Å². The first-order valence-corrected chi connectivity index (χ1v) is 10.5. The fraction of sp³-hybridized carbons (Fsp3) is 0.227. The zero-order valence-electron chi connectivity index (χ0n) is 16.6. The molecule has 1 aliphatic rings. The van der Waals surface area contributed by atoms with Gasteiger partial charge in [-0.2, -0.15) is 0 Å². The van der Waals surface area contributed by atoms with Gasteiger partial charge in [0.1, 0.15) is 6.10 Å². The molecule has 1 fully saturated rings. The van der Waals surface area contributed by atoms with Gasteiger partial charge < -0.3 is 10.1 Å². The highest BCUT2D eigenvalue weighted by Crippen LogP contribution is 2.31. The number of rotatable bonds is 5. The third-order valence-corrected chi connectivity index (χ3v) is 5.71. The van der Waals surface area contributed by atoms with Gasteiger partial charge in [-0.15, -0.1) is 11.3 Å². The lowest BCUT2D eigenvalue weighted by molar-refractivity contribution is -0.124. The molecular formula is C22H19F2N3O3S. The van der Waals surface area contributed by atoms with Gasteiger partial charge in [0.2, 0.25) is 0 Å². The number of halogens is 2. The summed E-state index contributed by atoms with van der Waals surface area (Å²) >= 11 is 1.23. The van der Waals surface area contributed by atoms with Crippen molar-refractivity contribution in [1.29, 1.82) is 0 Å². The van der Waals surface area contributed by atoms with Crippen molar-refractivity contribution in [2.24, 2.45) is 0 Å². The number of thiazole rings is 1. The lowest BCUT2D eigenvalue weighted by Crippen LogP contribution is -2.27. The Bertz CT molecular complexity index is 1140. The van der Waals surface area contributed by atoms with E-state index in [4.69, 9.17) is 4.74 Å². The van der Waals surface area contributed by atoms with Crippen LogP contribution in [0.3, 0.4) is 0 Å². The van der Waals surface area contributed by atoms with E-state index in [1.54, 1.807) is 31.2 Å². The Balaban J connectivity index is 1.47. The second kappa shape index (κ2) is 8.91. The number of nitrogens with one attached hydrogen (secondary N) is 2. The van der Waals surface area contributed by atoms with Crippen molar-refractivity contribution >= 4 is 34.0 Å². The monoisotopic (exact) mass is 443 g/mol. The second-order valence-electron chi connectivity index (χ2n) is 7.08. The largest absolute Gasteiger partial charge is 0.368 e. The Morgan fingerprint density at radius 3 is 2.71 bits per heavy atom. The first-order chi connectivity index (χ1) is 14.9. The van der Waals surface area contributed by atoms with E-state index in [9.17, 15) is 18.4 Å². The summed E-state index contributed by atoms with van der Waals surface area (Å²) < 4.78 is 32.1. The molecule has 6 nitrogen and oxygen atoms in total. The molecule has 1 atom stereocenters. The van der Waals surface area contributed by atoms with Crippen molar-refractivity contribution < 1.29 is 23.1 Å². The molecule has 0 bridgehead atoms. The first-order valence-electron chi connectivity index (χ1n) is 9.67. The van der Waals surface area contributed by atoms with Crippen LogP contribution in [0.4, 0.5) is 19.6 Å². The molecular weight excluding hydrogens is 424 g/mol. The molecule has 2 heterocycles. The van der Waals surface area contributed by atoms with Gasteiger partial charge >= 0.3 is 0 Å². The fourth-order valence-electron chi connectivity index (χ4n) is 3.28. The molecule has 2 N–H and O–H groups in total. The fourth-order valence-corrected chi connectivity index (χ4v) is 4.11. The molecule has 0 aliphatic carbocycles. The second-order valence-corrected chi connectivity index (χ2v) is 8.28. The molecule has 2 aromatic carbocycles. The number of nitrogens with zero attached hydrogens (tertiary/aromatic N) is 1. The smallest absolute Gasteiger partial charge is 0.257 e. The highest BCUT2D eigenvalue weighted by Gasteiger charge is 2.23. The molecule has 1 aliphatic heterocycles. The first kappa shape index (κ1) is 21.1. The van der Waals surface area contributed by atoms with Gasteiger partial charge in [0.25, 0.3) is 11.8 Å². The van der Waals surface area contributed by atoms with Crippen molar-refractivity contribution in [2.75, 3.05) is 17.2 Å². The minimum atomic E-state index is -0.961. The average Bonchev–Trinajstić information content (AvgIpc) is 3.40. The highest BCUT2D eigenvalue weighted by molar-refractivity contribution is 7.16. The number of carbonyl (C=O) groups is 2. The normalized spacial score (nSPS) is 15.6. The van der Waals surface area contributed by atoms with Crippen LogP contribution < -0.4 is 10.6 Å². The lowest BCUT2D eigenvalue weighted by Gasteiger charge is -2.11. The van der Waals surface area contributed by atoms with Gasteiger partial charge in [0.15, 0.2) is 16.8 Å². The molecule has 31 heavy (non-hydrogen) atoms. The van der Waals surface area contributed by atoms with Crippen LogP contribution in [0.25, 0.3) is 11.3 Å². The molecule has 0 unspecified atom stereocenters. The van der Waals surface area contributed by atoms with Crippen molar-refractivity contribution in [1.82, 2.24) is 4.98 Å². The standard InChI is InChI=1S/C22H19F2N3O3S/c1-12-19(13-7-8-16(23)17(24)11-13)26-22(31-12)27-20(28)14-4-2-5-15(10-14)25-21(29)18-6-3-9-30-18/h2,4-5,7-8,10-11,18H,3,6,9H2,1H3,(H,25,29)(H,26,27,28)/t18-/m0/s1. The van der Waals surface area contributed by atoms with E-state index < -0.39 is 23.6 Å². The Morgan fingerprint density at radius 1 is 1.13 bits per heavy atom. The minimum Gasteiger partial charge on any atom is -0.368 e. The van der Waals surface area contributed by atoms with E-state index in [0.29, 0.717) is 40.7 Å². The molecule has 9 heteroatoms. The number of hydrogen-bond acceptors (Lipinski definition) is 5. The number of aromatic nitrogens is 1. The number of anilines is 2. The summed E-state index contributed by atoms with van der Waals surface area (Å²) in [5, 5.41) is 5.81. The summed E-state index contributed by atoms with van der Waals surface area (Å²) in [5.41, 5.74) is 1.72. The van der Waals surface area contributed by atoms with Gasteiger partial charge in [-0.25, -0.2) is 13.8 Å². The van der Waals surface area contributed by atoms with E-state index >= 15 is 0 Å². The SMILES string of the molecule is Cc1sc(NC(=O)c2cccc(NC(=O)[C@@H]3CCCO3)c2)nc1-c1ccc(F)c(F)c1. The highest BCUT2D eigenvalue weighted by atomic mass is 32.1. The predicted octanol–water partition coefficient (Wildman–Crippen LogP) is 4.77. The molecule has 0 radical (unpaired) electrons. The molecule has 160 valence electrons. The Labute approximate surface area is 181 Å². The van der Waals surface area contributed by atoms with Crippen LogP contribution >= 0.6 is 11.3 Å². The van der Waals surface area contributed by atoms with Crippen molar-refractivity contribution in [2.45, 2.75) is 25.9 Å². The van der Waals surface area contributed by atoms with Crippen molar-refractivity contribution in [3.63, 3.8) is 0 Å². The van der Waals surface area contributed by atoms with Crippen LogP contribution in [0.2, 0.25) is 0 Å². The molecule has 3 aromatic rings. The quantitative estimate of drug-likeness (QED) is 0.596. The van der Waals surface area contributed by atoms with Gasteiger partial charge in [-0.1, -0.05) is 6.07 Å². The Kier molecular flexibility index (Phi) is 6.06. The zero-order valence-corrected chi connectivity index (χ0v) is 17.4. The number of benzene rings is 2. The van der Waals surface area contributed by atoms with E-state index in [-0.39, 0.29) is 5.91 Å². The lowest BCUT2D eigenvalue weighted by atomic mass is 10.1. The molecule has 0 saturated carbocycles. The third-order valence-electron chi connectivity index (χ3n) is 4.82. The Morgan fingerprint density at radius 2 is 1.97 bits per heavy atom. The predicted molar refractivity (Wildman–Crippen MR) is 114 cm³/mol. The summed E-state index contributed by atoms with van der Waals surface area (Å²) in [6, 6.07) is 10.1. The third kappa shape index (κ3) is 4.78.